The maximum absolute atomic E-state index is 5.92. The number of likely N-dealkylation sites (tertiary alicyclic amines) is 1. The van der Waals surface area contributed by atoms with Gasteiger partial charge >= 0.3 is 0 Å². The second kappa shape index (κ2) is 4.63. The number of hydrogen-bond acceptors (Lipinski definition) is 2. The lowest BCUT2D eigenvalue weighted by Crippen LogP contribution is -2.46. The van der Waals surface area contributed by atoms with Gasteiger partial charge in [0, 0.05) is 12.1 Å². The van der Waals surface area contributed by atoms with Crippen LogP contribution in [0.5, 0.6) is 0 Å². The Bertz CT molecular complexity index is 167. The highest BCUT2D eigenvalue weighted by atomic mass is 15.2. The van der Waals surface area contributed by atoms with E-state index in [2.05, 4.69) is 11.8 Å². The highest BCUT2D eigenvalue weighted by molar-refractivity contribution is 4.83. The summed E-state index contributed by atoms with van der Waals surface area (Å²) in [5.41, 5.74) is 5.92. The third kappa shape index (κ3) is 2.29. The summed E-state index contributed by atoms with van der Waals surface area (Å²) in [6.07, 6.45) is 8.26. The Kier molecular flexibility index (Phi) is 3.45. The van der Waals surface area contributed by atoms with Crippen molar-refractivity contribution >= 4 is 0 Å². The van der Waals surface area contributed by atoms with Crippen molar-refractivity contribution in [2.45, 2.75) is 57.5 Å². The molecule has 14 heavy (non-hydrogen) atoms. The summed E-state index contributed by atoms with van der Waals surface area (Å²) in [5.74, 6) is 0.976. The lowest BCUT2D eigenvalue weighted by molar-refractivity contribution is 0.122. The maximum atomic E-state index is 5.92. The van der Waals surface area contributed by atoms with E-state index < -0.39 is 0 Å². The molecule has 1 saturated heterocycles. The van der Waals surface area contributed by atoms with Gasteiger partial charge in [-0.1, -0.05) is 12.8 Å². The summed E-state index contributed by atoms with van der Waals surface area (Å²) in [5, 5.41) is 0. The Labute approximate surface area is 87.8 Å². The third-order valence-corrected chi connectivity index (χ3v) is 4.23. The zero-order chi connectivity index (χ0) is 9.97. The van der Waals surface area contributed by atoms with Gasteiger partial charge in [0.05, 0.1) is 0 Å². The van der Waals surface area contributed by atoms with Crippen LogP contribution in [0.3, 0.4) is 0 Å². The smallest absolute Gasteiger partial charge is 0.00952 e. The minimum Gasteiger partial charge on any atom is -0.328 e. The van der Waals surface area contributed by atoms with Crippen LogP contribution in [-0.4, -0.2) is 30.1 Å². The minimum absolute atomic E-state index is 0.474. The number of rotatable bonds is 2. The zero-order valence-corrected chi connectivity index (χ0v) is 9.41. The van der Waals surface area contributed by atoms with Crippen LogP contribution >= 0.6 is 0 Å². The molecule has 2 fully saturated rings. The molecule has 0 radical (unpaired) electrons. The molecular formula is C12H24N2. The fourth-order valence-electron chi connectivity index (χ4n) is 3.06. The van der Waals surface area contributed by atoms with E-state index in [1.807, 2.05) is 0 Å². The van der Waals surface area contributed by atoms with Crippen LogP contribution in [-0.2, 0) is 0 Å². The molecule has 2 N–H and O–H groups in total. The first-order chi connectivity index (χ1) is 6.77. The molecule has 2 rings (SSSR count). The van der Waals surface area contributed by atoms with Gasteiger partial charge in [-0.15, -0.1) is 0 Å². The maximum Gasteiger partial charge on any atom is 0.00952 e. The van der Waals surface area contributed by atoms with Crippen LogP contribution < -0.4 is 5.73 Å². The second-order valence-electron chi connectivity index (χ2n) is 5.16. The van der Waals surface area contributed by atoms with E-state index in [1.54, 1.807) is 0 Å². The fraction of sp³-hybridized carbons (Fsp3) is 1.00. The first kappa shape index (κ1) is 10.4. The van der Waals surface area contributed by atoms with Gasteiger partial charge in [-0.3, -0.25) is 0 Å². The topological polar surface area (TPSA) is 29.3 Å². The Morgan fingerprint density at radius 2 is 1.64 bits per heavy atom. The summed E-state index contributed by atoms with van der Waals surface area (Å²) in [7, 11) is 0. The highest BCUT2D eigenvalue weighted by Crippen LogP contribution is 2.31. The van der Waals surface area contributed by atoms with Crippen LogP contribution in [0.25, 0.3) is 0 Å². The summed E-state index contributed by atoms with van der Waals surface area (Å²) in [6, 6.07) is 1.28. The highest BCUT2D eigenvalue weighted by Gasteiger charge is 2.28. The molecule has 0 aromatic heterocycles. The fourth-order valence-corrected chi connectivity index (χ4v) is 3.06. The largest absolute Gasteiger partial charge is 0.328 e. The van der Waals surface area contributed by atoms with Crippen LogP contribution in [0.2, 0.25) is 0 Å². The van der Waals surface area contributed by atoms with E-state index in [9.17, 15) is 0 Å². The van der Waals surface area contributed by atoms with Crippen LogP contribution in [0, 0.1) is 5.92 Å². The van der Waals surface area contributed by atoms with Crippen LogP contribution in [0.15, 0.2) is 0 Å². The van der Waals surface area contributed by atoms with E-state index in [-0.39, 0.29) is 0 Å². The van der Waals surface area contributed by atoms with Crippen molar-refractivity contribution in [3.05, 3.63) is 0 Å². The molecule has 0 aromatic rings. The van der Waals surface area contributed by atoms with Gasteiger partial charge < -0.3 is 10.6 Å². The molecule has 1 aliphatic carbocycles. The number of piperidine rings is 1. The summed E-state index contributed by atoms with van der Waals surface area (Å²) < 4.78 is 0. The van der Waals surface area contributed by atoms with E-state index in [4.69, 9.17) is 5.73 Å². The normalized spacial score (nSPS) is 29.6. The van der Waals surface area contributed by atoms with Crippen molar-refractivity contribution in [1.29, 1.82) is 0 Å². The van der Waals surface area contributed by atoms with Gasteiger partial charge in [-0.2, -0.15) is 0 Å². The Morgan fingerprint density at radius 3 is 2.21 bits per heavy atom. The molecule has 1 saturated carbocycles. The predicted octanol–water partition coefficient (Wildman–Crippen LogP) is 1.99. The summed E-state index contributed by atoms with van der Waals surface area (Å²) >= 11 is 0. The van der Waals surface area contributed by atoms with Gasteiger partial charge in [0.2, 0.25) is 0 Å². The predicted molar refractivity (Wildman–Crippen MR) is 60.2 cm³/mol. The Balaban J connectivity index is 1.82. The molecule has 0 bridgehead atoms. The lowest BCUT2D eigenvalue weighted by Gasteiger charge is -2.37. The first-order valence-electron chi connectivity index (χ1n) is 6.27. The quantitative estimate of drug-likeness (QED) is 0.732. The first-order valence-corrected chi connectivity index (χ1v) is 6.27. The number of hydrogen-bond donors (Lipinski definition) is 1. The zero-order valence-electron chi connectivity index (χ0n) is 9.41. The van der Waals surface area contributed by atoms with Crippen molar-refractivity contribution in [3.8, 4) is 0 Å². The van der Waals surface area contributed by atoms with E-state index in [0.29, 0.717) is 6.04 Å². The van der Waals surface area contributed by atoms with Gasteiger partial charge in [-0.25, -0.2) is 0 Å². The van der Waals surface area contributed by atoms with Crippen LogP contribution in [0.4, 0.5) is 0 Å². The van der Waals surface area contributed by atoms with Crippen molar-refractivity contribution in [1.82, 2.24) is 4.90 Å². The number of nitrogens with two attached hydrogens (primary N) is 1. The van der Waals surface area contributed by atoms with E-state index in [1.165, 1.54) is 51.6 Å². The second-order valence-corrected chi connectivity index (χ2v) is 5.16. The Morgan fingerprint density at radius 1 is 1.07 bits per heavy atom. The number of nitrogens with zero attached hydrogens (tertiary/aromatic N) is 1. The Hall–Kier alpha value is -0.0800. The molecule has 1 atom stereocenters. The van der Waals surface area contributed by atoms with Crippen molar-refractivity contribution in [3.63, 3.8) is 0 Å². The summed E-state index contributed by atoms with van der Waals surface area (Å²) in [4.78, 5) is 2.67. The van der Waals surface area contributed by atoms with Gasteiger partial charge in [0.25, 0.3) is 0 Å². The molecular weight excluding hydrogens is 172 g/mol. The van der Waals surface area contributed by atoms with Crippen molar-refractivity contribution < 1.29 is 0 Å². The van der Waals surface area contributed by atoms with E-state index >= 15 is 0 Å². The molecule has 2 nitrogen and oxygen atoms in total. The molecule has 1 unspecified atom stereocenters. The van der Waals surface area contributed by atoms with Crippen molar-refractivity contribution in [2.75, 3.05) is 13.1 Å². The molecule has 2 aliphatic rings. The average molecular weight is 196 g/mol. The molecule has 0 amide bonds. The van der Waals surface area contributed by atoms with Crippen molar-refractivity contribution in [2.24, 2.45) is 11.7 Å². The monoisotopic (exact) mass is 196 g/mol. The average Bonchev–Trinajstić information content (AvgIpc) is 2.71. The SMILES string of the molecule is CC(C1CCCC1)N1CCC(N)CC1. The molecule has 82 valence electrons. The molecule has 2 heteroatoms. The van der Waals surface area contributed by atoms with Gasteiger partial charge in [-0.05, 0) is 51.6 Å². The molecule has 0 aromatic carbocycles. The third-order valence-electron chi connectivity index (χ3n) is 4.23. The lowest BCUT2D eigenvalue weighted by atomic mass is 9.95. The standard InChI is InChI=1S/C12H24N2/c1-10(11-4-2-3-5-11)14-8-6-12(13)7-9-14/h10-12H,2-9,13H2,1H3. The van der Waals surface area contributed by atoms with Gasteiger partial charge in [0.15, 0.2) is 0 Å². The minimum atomic E-state index is 0.474. The van der Waals surface area contributed by atoms with Crippen LogP contribution in [0.1, 0.15) is 45.4 Å². The molecule has 1 heterocycles. The van der Waals surface area contributed by atoms with Gasteiger partial charge in [0.1, 0.15) is 0 Å². The molecule has 1 aliphatic heterocycles. The molecule has 0 spiro atoms. The summed E-state index contributed by atoms with van der Waals surface area (Å²) in [6.45, 7) is 4.89. The van der Waals surface area contributed by atoms with E-state index in [0.717, 1.165) is 12.0 Å².